The van der Waals surface area contributed by atoms with E-state index < -0.39 is 22.0 Å². The molecular formula is C25H33N3O4S. The predicted octanol–water partition coefficient (Wildman–Crippen LogP) is 4.16. The second kappa shape index (κ2) is 10.4. The molecule has 1 aliphatic rings. The minimum Gasteiger partial charge on any atom is -0.349 e. The molecule has 7 nitrogen and oxygen atoms in total. The zero-order chi connectivity index (χ0) is 24.2. The van der Waals surface area contributed by atoms with Crippen molar-refractivity contribution in [3.63, 3.8) is 0 Å². The van der Waals surface area contributed by atoms with E-state index in [1.54, 1.807) is 37.3 Å². The van der Waals surface area contributed by atoms with Crippen LogP contribution in [0, 0.1) is 13.8 Å². The van der Waals surface area contributed by atoms with Crippen molar-refractivity contribution in [2.75, 3.05) is 15.9 Å². The summed E-state index contributed by atoms with van der Waals surface area (Å²) in [7, 11) is -3.75. The van der Waals surface area contributed by atoms with Crippen molar-refractivity contribution in [3.8, 4) is 0 Å². The van der Waals surface area contributed by atoms with Gasteiger partial charge in [-0.25, -0.2) is 8.42 Å². The summed E-state index contributed by atoms with van der Waals surface area (Å²) in [4.78, 5) is 26.1. The summed E-state index contributed by atoms with van der Waals surface area (Å²) in [6.45, 7) is 5.22. The van der Waals surface area contributed by atoms with Crippen LogP contribution in [0.5, 0.6) is 0 Å². The lowest BCUT2D eigenvalue weighted by Gasteiger charge is -2.30. The first kappa shape index (κ1) is 24.8. The number of hydrogen-bond donors (Lipinski definition) is 2. The zero-order valence-electron chi connectivity index (χ0n) is 19.7. The molecule has 2 N–H and O–H groups in total. The fraction of sp³-hybridized carbons (Fsp3) is 0.440. The van der Waals surface area contributed by atoms with E-state index in [0.29, 0.717) is 16.9 Å². The third-order valence-electron chi connectivity index (χ3n) is 6.06. The average molecular weight is 472 g/mol. The van der Waals surface area contributed by atoms with Gasteiger partial charge in [-0.05, 0) is 62.9 Å². The summed E-state index contributed by atoms with van der Waals surface area (Å²) in [5.74, 6) is -0.751. The lowest BCUT2D eigenvalue weighted by molar-refractivity contribution is -0.116. The van der Waals surface area contributed by atoms with Crippen molar-refractivity contribution < 1.29 is 18.0 Å². The molecule has 178 valence electrons. The first-order valence-electron chi connectivity index (χ1n) is 11.4. The monoisotopic (exact) mass is 471 g/mol. The van der Waals surface area contributed by atoms with Gasteiger partial charge < -0.3 is 10.6 Å². The molecule has 0 heterocycles. The van der Waals surface area contributed by atoms with Gasteiger partial charge >= 0.3 is 0 Å². The maximum Gasteiger partial charge on any atom is 0.253 e. The maximum absolute atomic E-state index is 13.2. The van der Waals surface area contributed by atoms with Gasteiger partial charge in [-0.2, -0.15) is 0 Å². The van der Waals surface area contributed by atoms with Gasteiger partial charge in [0.2, 0.25) is 15.9 Å². The fourth-order valence-electron chi connectivity index (χ4n) is 4.28. The molecule has 0 bridgehead atoms. The van der Waals surface area contributed by atoms with Gasteiger partial charge in [0, 0.05) is 6.04 Å². The van der Waals surface area contributed by atoms with Crippen LogP contribution < -0.4 is 14.9 Å². The molecule has 1 aliphatic carbocycles. The molecule has 2 amide bonds. The fourth-order valence-corrected chi connectivity index (χ4v) is 5.50. The van der Waals surface area contributed by atoms with Gasteiger partial charge in [0.25, 0.3) is 5.91 Å². The molecule has 0 aliphatic heterocycles. The molecule has 0 saturated heterocycles. The smallest absolute Gasteiger partial charge is 0.253 e. The second-order valence-electron chi connectivity index (χ2n) is 8.87. The van der Waals surface area contributed by atoms with E-state index in [0.717, 1.165) is 47.4 Å². The van der Waals surface area contributed by atoms with Gasteiger partial charge in [0.15, 0.2) is 0 Å². The molecule has 33 heavy (non-hydrogen) atoms. The lowest BCUT2D eigenvalue weighted by Crippen LogP contribution is -2.46. The number of hydrogen-bond acceptors (Lipinski definition) is 4. The Morgan fingerprint density at radius 1 is 1.03 bits per heavy atom. The summed E-state index contributed by atoms with van der Waals surface area (Å²) in [6, 6.07) is 11.4. The van der Waals surface area contributed by atoms with Crippen LogP contribution in [0.15, 0.2) is 42.5 Å². The molecule has 2 aromatic rings. The van der Waals surface area contributed by atoms with E-state index in [2.05, 4.69) is 10.6 Å². The highest BCUT2D eigenvalue weighted by Gasteiger charge is 2.31. The van der Waals surface area contributed by atoms with Crippen molar-refractivity contribution in [2.45, 2.75) is 65.0 Å². The Kier molecular flexibility index (Phi) is 7.79. The molecule has 0 aromatic heterocycles. The van der Waals surface area contributed by atoms with Crippen LogP contribution in [0.1, 0.15) is 60.5 Å². The van der Waals surface area contributed by atoms with Crippen molar-refractivity contribution >= 4 is 33.2 Å². The van der Waals surface area contributed by atoms with E-state index in [9.17, 15) is 18.0 Å². The molecule has 0 radical (unpaired) electrons. The van der Waals surface area contributed by atoms with Crippen LogP contribution >= 0.6 is 0 Å². The quantitative estimate of drug-likeness (QED) is 0.634. The number of amides is 2. The number of carbonyl (C=O) groups is 2. The van der Waals surface area contributed by atoms with Crippen LogP contribution in [0.25, 0.3) is 0 Å². The molecule has 8 heteroatoms. The Balaban J connectivity index is 1.84. The van der Waals surface area contributed by atoms with Crippen LogP contribution in [-0.2, 0) is 14.8 Å². The Bertz CT molecular complexity index is 1120. The highest BCUT2D eigenvalue weighted by Crippen LogP contribution is 2.27. The number of para-hydroxylation sites is 1. The second-order valence-corrected chi connectivity index (χ2v) is 10.7. The maximum atomic E-state index is 13.2. The third kappa shape index (κ3) is 6.13. The number of nitrogens with one attached hydrogen (secondary N) is 2. The number of carbonyl (C=O) groups excluding carboxylic acids is 2. The number of anilines is 2. The molecule has 3 rings (SSSR count). The summed E-state index contributed by atoms with van der Waals surface area (Å²) >= 11 is 0. The number of rotatable bonds is 7. The molecule has 0 unspecified atom stereocenters. The Morgan fingerprint density at radius 3 is 2.36 bits per heavy atom. The largest absolute Gasteiger partial charge is 0.349 e. The van der Waals surface area contributed by atoms with Crippen LogP contribution in [0.2, 0.25) is 0 Å². The number of nitrogens with zero attached hydrogens (tertiary/aromatic N) is 1. The highest BCUT2D eigenvalue weighted by atomic mass is 32.2. The molecular weight excluding hydrogens is 438 g/mol. The molecule has 1 saturated carbocycles. The summed E-state index contributed by atoms with van der Waals surface area (Å²) in [5.41, 5.74) is 2.82. The van der Waals surface area contributed by atoms with Crippen molar-refractivity contribution in [3.05, 3.63) is 59.2 Å². The molecule has 1 fully saturated rings. The first-order valence-corrected chi connectivity index (χ1v) is 13.2. The summed E-state index contributed by atoms with van der Waals surface area (Å²) in [6.07, 6.45) is 6.38. The van der Waals surface area contributed by atoms with Crippen LogP contribution in [0.4, 0.5) is 11.4 Å². The SMILES string of the molecule is Cc1ccc(C)c(N([C@@H](C)C(=O)Nc2ccccc2C(=O)NC2CCCCC2)S(C)(=O)=O)c1. The summed E-state index contributed by atoms with van der Waals surface area (Å²) < 4.78 is 26.5. The third-order valence-corrected chi connectivity index (χ3v) is 7.29. The molecule has 1 atom stereocenters. The van der Waals surface area contributed by atoms with E-state index >= 15 is 0 Å². The Labute approximate surface area is 196 Å². The average Bonchev–Trinajstić information content (AvgIpc) is 2.76. The van der Waals surface area contributed by atoms with Gasteiger partial charge in [-0.1, -0.05) is 43.5 Å². The van der Waals surface area contributed by atoms with E-state index in [-0.39, 0.29) is 11.9 Å². The lowest BCUT2D eigenvalue weighted by atomic mass is 9.95. The van der Waals surface area contributed by atoms with Crippen LogP contribution in [-0.4, -0.2) is 38.6 Å². The van der Waals surface area contributed by atoms with Gasteiger partial charge in [-0.3, -0.25) is 13.9 Å². The van der Waals surface area contributed by atoms with Gasteiger partial charge in [0.1, 0.15) is 6.04 Å². The van der Waals surface area contributed by atoms with Gasteiger partial charge in [0.05, 0.1) is 23.2 Å². The molecule has 0 spiro atoms. The minimum absolute atomic E-state index is 0.138. The van der Waals surface area contributed by atoms with E-state index in [1.165, 1.54) is 6.42 Å². The number of aryl methyl sites for hydroxylation is 2. The van der Waals surface area contributed by atoms with Crippen molar-refractivity contribution in [2.24, 2.45) is 0 Å². The topological polar surface area (TPSA) is 95.6 Å². The van der Waals surface area contributed by atoms with Gasteiger partial charge in [-0.15, -0.1) is 0 Å². The number of benzene rings is 2. The Morgan fingerprint density at radius 2 is 1.70 bits per heavy atom. The van der Waals surface area contributed by atoms with E-state index in [4.69, 9.17) is 0 Å². The minimum atomic E-state index is -3.75. The highest BCUT2D eigenvalue weighted by molar-refractivity contribution is 7.92. The Hall–Kier alpha value is -2.87. The normalized spacial score (nSPS) is 15.5. The predicted molar refractivity (Wildman–Crippen MR) is 132 cm³/mol. The van der Waals surface area contributed by atoms with Crippen molar-refractivity contribution in [1.29, 1.82) is 0 Å². The zero-order valence-corrected chi connectivity index (χ0v) is 20.5. The number of sulfonamides is 1. The van der Waals surface area contributed by atoms with E-state index in [1.807, 2.05) is 26.0 Å². The first-order chi connectivity index (χ1) is 15.6. The van der Waals surface area contributed by atoms with Crippen molar-refractivity contribution in [1.82, 2.24) is 5.32 Å². The molecule has 2 aromatic carbocycles. The van der Waals surface area contributed by atoms with Crippen LogP contribution in [0.3, 0.4) is 0 Å². The standard InChI is InChI=1S/C25H33N3O4S/c1-17-14-15-18(2)23(16-17)28(33(4,31)32)19(3)24(29)27-22-13-9-8-12-21(22)25(30)26-20-10-6-5-7-11-20/h8-9,12-16,19-20H,5-7,10-11H2,1-4H3,(H,26,30)(H,27,29)/t19-/m0/s1. The summed E-state index contributed by atoms with van der Waals surface area (Å²) in [5, 5.41) is 5.85.